The first kappa shape index (κ1) is 19.4. The molecule has 2 amide bonds. The second-order valence-electron chi connectivity index (χ2n) is 5.63. The minimum Gasteiger partial charge on any atom is -0.343 e. The van der Waals surface area contributed by atoms with Gasteiger partial charge in [-0.2, -0.15) is 5.26 Å². The van der Waals surface area contributed by atoms with Crippen LogP contribution in [0.4, 0.5) is 10.1 Å². The van der Waals surface area contributed by atoms with Gasteiger partial charge in [0.25, 0.3) is 17.6 Å². The van der Waals surface area contributed by atoms with Crippen LogP contribution >= 0.6 is 0 Å². The molecule has 8 heteroatoms. The molecule has 1 heterocycles. The van der Waals surface area contributed by atoms with Crippen molar-refractivity contribution in [2.75, 3.05) is 11.9 Å². The molecule has 0 aliphatic rings. The number of nitriles is 1. The number of hydrogen-bond donors (Lipinski definition) is 2. The van der Waals surface area contributed by atoms with Crippen LogP contribution in [0, 0.1) is 36.4 Å². The number of nitrogens with zero attached hydrogens (tertiary/aromatic N) is 2. The third-order valence-corrected chi connectivity index (χ3v) is 3.75. The molecule has 2 aromatic rings. The Kier molecular flexibility index (Phi) is 5.74. The molecular formula is C19H15FN4O3. The van der Waals surface area contributed by atoms with E-state index in [1.807, 2.05) is 6.07 Å². The van der Waals surface area contributed by atoms with Crippen molar-refractivity contribution in [3.8, 4) is 18.4 Å². The van der Waals surface area contributed by atoms with Crippen LogP contribution in [-0.2, 0) is 11.8 Å². The van der Waals surface area contributed by atoms with Crippen LogP contribution in [0.25, 0.3) is 0 Å². The lowest BCUT2D eigenvalue weighted by Gasteiger charge is -2.07. The summed E-state index contributed by atoms with van der Waals surface area (Å²) >= 11 is 0. The largest absolute Gasteiger partial charge is 0.343 e. The Morgan fingerprint density at radius 3 is 2.67 bits per heavy atom. The van der Waals surface area contributed by atoms with Gasteiger partial charge in [0.2, 0.25) is 0 Å². The Hall–Kier alpha value is -3.91. The molecular weight excluding hydrogens is 351 g/mol. The molecule has 7 nitrogen and oxygen atoms in total. The highest BCUT2D eigenvalue weighted by Gasteiger charge is 2.28. The Morgan fingerprint density at radius 1 is 1.33 bits per heavy atom. The highest BCUT2D eigenvalue weighted by atomic mass is 19.1. The van der Waals surface area contributed by atoms with Crippen molar-refractivity contribution in [2.45, 2.75) is 6.92 Å². The van der Waals surface area contributed by atoms with E-state index in [0.29, 0.717) is 11.3 Å². The topological polar surface area (TPSA) is 104 Å². The van der Waals surface area contributed by atoms with E-state index in [4.69, 9.17) is 11.7 Å². The third kappa shape index (κ3) is 4.02. The highest BCUT2D eigenvalue weighted by molar-refractivity contribution is 6.43. The number of carbonyl (C=O) groups excluding carboxylic acids is 3. The molecule has 0 aliphatic heterocycles. The Bertz CT molecular complexity index is 1020. The Balaban J connectivity index is 2.29. The third-order valence-electron chi connectivity index (χ3n) is 3.75. The van der Waals surface area contributed by atoms with Gasteiger partial charge in [-0.1, -0.05) is 12.0 Å². The molecule has 0 unspecified atom stereocenters. The number of ketones is 1. The zero-order chi connectivity index (χ0) is 20.1. The molecule has 2 rings (SSSR count). The van der Waals surface area contributed by atoms with E-state index in [-0.39, 0.29) is 6.54 Å². The van der Waals surface area contributed by atoms with Crippen molar-refractivity contribution in [1.29, 1.82) is 5.26 Å². The molecule has 27 heavy (non-hydrogen) atoms. The van der Waals surface area contributed by atoms with Crippen molar-refractivity contribution >= 4 is 23.3 Å². The molecule has 1 aromatic heterocycles. The van der Waals surface area contributed by atoms with Crippen molar-refractivity contribution in [3.63, 3.8) is 0 Å². The van der Waals surface area contributed by atoms with E-state index in [1.165, 1.54) is 13.1 Å². The van der Waals surface area contributed by atoms with Gasteiger partial charge in [-0.15, -0.1) is 6.42 Å². The van der Waals surface area contributed by atoms with Crippen LogP contribution in [0.5, 0.6) is 0 Å². The molecule has 136 valence electrons. The summed E-state index contributed by atoms with van der Waals surface area (Å²) in [5.41, 5.74) is 0.413. The summed E-state index contributed by atoms with van der Waals surface area (Å²) in [5, 5.41) is 13.7. The lowest BCUT2D eigenvalue weighted by molar-refractivity contribution is -0.116. The summed E-state index contributed by atoms with van der Waals surface area (Å²) in [7, 11) is 1.37. The fraction of sp³-hybridized carbons (Fsp3) is 0.158. The SMILES string of the molecule is C#CCNC(=O)C(=O)c1cn(C)c(C(=O)Nc2ccc(C)c(C#N)c2)c1F. The summed E-state index contributed by atoms with van der Waals surface area (Å²) in [4.78, 5) is 36.1. The molecule has 0 atom stereocenters. The van der Waals surface area contributed by atoms with Gasteiger partial charge in [-0.05, 0) is 24.6 Å². The number of benzene rings is 1. The number of carbonyl (C=O) groups is 3. The summed E-state index contributed by atoms with van der Waals surface area (Å²) in [5.74, 6) is -2.03. The van der Waals surface area contributed by atoms with Crippen LogP contribution in [0.15, 0.2) is 24.4 Å². The standard InChI is InChI=1S/C19H15FN4O3/c1-4-7-22-19(27)17(25)14-10-24(3)16(15(14)20)18(26)23-13-6-5-11(2)12(8-13)9-21/h1,5-6,8,10H,7H2,2-3H3,(H,22,27)(H,23,26). The molecule has 0 spiro atoms. The zero-order valence-corrected chi connectivity index (χ0v) is 14.6. The van der Waals surface area contributed by atoms with E-state index in [2.05, 4.69) is 16.6 Å². The van der Waals surface area contributed by atoms with E-state index in [0.717, 1.165) is 16.3 Å². The van der Waals surface area contributed by atoms with E-state index in [1.54, 1.807) is 19.1 Å². The predicted octanol–water partition coefficient (Wildman–Crippen LogP) is 1.53. The van der Waals surface area contributed by atoms with Gasteiger partial charge in [0.15, 0.2) is 5.82 Å². The molecule has 0 saturated carbocycles. The number of aryl methyl sites for hydroxylation is 2. The summed E-state index contributed by atoms with van der Waals surface area (Å²) in [6.07, 6.45) is 6.04. The number of nitrogens with one attached hydrogen (secondary N) is 2. The first-order chi connectivity index (χ1) is 12.8. The van der Waals surface area contributed by atoms with Crippen LogP contribution in [0.3, 0.4) is 0 Å². The number of rotatable bonds is 5. The highest BCUT2D eigenvalue weighted by Crippen LogP contribution is 2.19. The summed E-state index contributed by atoms with van der Waals surface area (Å²) < 4.78 is 15.7. The second-order valence-corrected chi connectivity index (χ2v) is 5.63. The molecule has 0 aliphatic carbocycles. The maximum atomic E-state index is 14.6. The van der Waals surface area contributed by atoms with Gasteiger partial charge in [-0.3, -0.25) is 14.4 Å². The van der Waals surface area contributed by atoms with Gasteiger partial charge in [0, 0.05) is 18.9 Å². The van der Waals surface area contributed by atoms with Gasteiger partial charge < -0.3 is 15.2 Å². The average Bonchev–Trinajstić information content (AvgIpc) is 2.94. The maximum absolute atomic E-state index is 14.6. The molecule has 2 N–H and O–H groups in total. The number of hydrogen-bond acceptors (Lipinski definition) is 4. The van der Waals surface area contributed by atoms with Gasteiger partial charge in [-0.25, -0.2) is 4.39 Å². The van der Waals surface area contributed by atoms with Gasteiger partial charge in [0.05, 0.1) is 23.7 Å². The van der Waals surface area contributed by atoms with Crippen molar-refractivity contribution in [1.82, 2.24) is 9.88 Å². The number of terminal acetylenes is 1. The zero-order valence-electron chi connectivity index (χ0n) is 14.6. The summed E-state index contributed by atoms with van der Waals surface area (Å²) in [6, 6.07) is 6.64. The molecule has 0 radical (unpaired) electrons. The monoisotopic (exact) mass is 366 g/mol. The number of Topliss-reactive ketones (excluding diaryl/α,β-unsaturated/α-hetero) is 1. The number of aromatic nitrogens is 1. The number of halogens is 1. The lowest BCUT2D eigenvalue weighted by atomic mass is 10.1. The smallest absolute Gasteiger partial charge is 0.293 e. The first-order valence-electron chi connectivity index (χ1n) is 7.73. The van der Waals surface area contributed by atoms with Gasteiger partial charge >= 0.3 is 0 Å². The van der Waals surface area contributed by atoms with E-state index < -0.39 is 34.7 Å². The fourth-order valence-corrected chi connectivity index (χ4v) is 2.36. The van der Waals surface area contributed by atoms with Crippen LogP contribution in [0.2, 0.25) is 0 Å². The minimum atomic E-state index is -1.14. The fourth-order valence-electron chi connectivity index (χ4n) is 2.36. The maximum Gasteiger partial charge on any atom is 0.293 e. The minimum absolute atomic E-state index is 0.180. The van der Waals surface area contributed by atoms with Crippen molar-refractivity contribution in [3.05, 3.63) is 52.6 Å². The molecule has 1 aromatic carbocycles. The average molecular weight is 366 g/mol. The van der Waals surface area contributed by atoms with Gasteiger partial charge in [0.1, 0.15) is 5.69 Å². The van der Waals surface area contributed by atoms with E-state index >= 15 is 0 Å². The van der Waals surface area contributed by atoms with Crippen molar-refractivity contribution in [2.24, 2.45) is 7.05 Å². The predicted molar refractivity (Wildman–Crippen MR) is 95.4 cm³/mol. The van der Waals surface area contributed by atoms with Crippen molar-refractivity contribution < 1.29 is 18.8 Å². The quantitative estimate of drug-likeness (QED) is 0.476. The van der Waals surface area contributed by atoms with E-state index in [9.17, 15) is 18.8 Å². The lowest BCUT2D eigenvalue weighted by Crippen LogP contribution is -2.31. The Labute approximate surface area is 154 Å². The second kappa shape index (κ2) is 7.98. The van der Waals surface area contributed by atoms with Crippen LogP contribution in [0.1, 0.15) is 32.0 Å². The molecule has 0 fully saturated rings. The molecule has 0 saturated heterocycles. The summed E-state index contributed by atoms with van der Waals surface area (Å²) in [6.45, 7) is 1.56. The molecule has 0 bridgehead atoms. The number of anilines is 1. The Morgan fingerprint density at radius 2 is 2.04 bits per heavy atom. The van der Waals surface area contributed by atoms with Crippen LogP contribution in [-0.4, -0.2) is 28.7 Å². The normalized spacial score (nSPS) is 9.81. The van der Waals surface area contributed by atoms with Crippen LogP contribution < -0.4 is 10.6 Å². The first-order valence-corrected chi connectivity index (χ1v) is 7.73. The number of amides is 2.